The molecular formula is C14H9F3N2. The minimum absolute atomic E-state index is 0.0230. The van der Waals surface area contributed by atoms with E-state index in [2.05, 4.69) is 4.98 Å². The molecule has 0 atom stereocenters. The average molecular weight is 262 g/mol. The molecule has 2 rings (SSSR count). The highest BCUT2D eigenvalue weighted by Gasteiger charge is 2.35. The Balaban J connectivity index is 2.59. The molecule has 0 spiro atoms. The number of nitriles is 1. The maximum absolute atomic E-state index is 13.0. The number of aromatic nitrogens is 1. The summed E-state index contributed by atoms with van der Waals surface area (Å²) in [5, 5.41) is 8.53. The van der Waals surface area contributed by atoms with Crippen molar-refractivity contribution in [2.24, 2.45) is 0 Å². The van der Waals surface area contributed by atoms with E-state index in [9.17, 15) is 13.2 Å². The van der Waals surface area contributed by atoms with E-state index >= 15 is 0 Å². The second kappa shape index (κ2) is 5.11. The molecule has 0 aliphatic heterocycles. The van der Waals surface area contributed by atoms with Crippen molar-refractivity contribution in [2.75, 3.05) is 0 Å². The zero-order chi connectivity index (χ0) is 13.9. The summed E-state index contributed by atoms with van der Waals surface area (Å²) in [5.41, 5.74) is -0.360. The number of benzene rings is 1. The van der Waals surface area contributed by atoms with E-state index in [4.69, 9.17) is 5.26 Å². The third kappa shape index (κ3) is 2.91. The zero-order valence-corrected chi connectivity index (χ0v) is 9.78. The van der Waals surface area contributed by atoms with Crippen molar-refractivity contribution < 1.29 is 13.2 Å². The summed E-state index contributed by atoms with van der Waals surface area (Å²) in [6.07, 6.45) is -4.69. The molecule has 0 saturated carbocycles. The number of pyridine rings is 1. The van der Waals surface area contributed by atoms with E-state index in [1.54, 1.807) is 36.4 Å². The minimum Gasteiger partial charge on any atom is -0.247 e. The van der Waals surface area contributed by atoms with Crippen LogP contribution in [0.5, 0.6) is 0 Å². The van der Waals surface area contributed by atoms with Gasteiger partial charge in [0.1, 0.15) is 0 Å². The first kappa shape index (κ1) is 13.1. The molecule has 0 amide bonds. The second-order valence-corrected chi connectivity index (χ2v) is 3.90. The minimum atomic E-state index is -4.54. The molecule has 5 heteroatoms. The molecule has 0 fully saturated rings. The zero-order valence-electron chi connectivity index (χ0n) is 9.78. The van der Waals surface area contributed by atoms with Crippen molar-refractivity contribution in [1.82, 2.24) is 4.98 Å². The molecular weight excluding hydrogens is 253 g/mol. The lowest BCUT2D eigenvalue weighted by Gasteiger charge is -2.13. The highest BCUT2D eigenvalue weighted by atomic mass is 19.4. The van der Waals surface area contributed by atoms with Crippen LogP contribution in [0, 0.1) is 11.3 Å². The fraction of sp³-hybridized carbons (Fsp3) is 0.143. The van der Waals surface area contributed by atoms with Gasteiger partial charge in [-0.2, -0.15) is 18.4 Å². The summed E-state index contributed by atoms with van der Waals surface area (Å²) < 4.78 is 39.0. The van der Waals surface area contributed by atoms with E-state index in [1.165, 1.54) is 12.1 Å². The molecule has 0 aliphatic rings. The SMILES string of the molecule is N#CCc1ccc(-c2ccccc2)c(C(F)(F)F)n1. The highest BCUT2D eigenvalue weighted by molar-refractivity contribution is 5.66. The summed E-state index contributed by atoms with van der Waals surface area (Å²) in [7, 11) is 0. The largest absolute Gasteiger partial charge is 0.433 e. The van der Waals surface area contributed by atoms with E-state index in [1.807, 2.05) is 0 Å². The summed E-state index contributed by atoms with van der Waals surface area (Å²) in [6, 6.07) is 12.8. The Morgan fingerprint density at radius 1 is 1.05 bits per heavy atom. The molecule has 0 saturated heterocycles. The molecule has 96 valence electrons. The number of rotatable bonds is 2. The first-order chi connectivity index (χ1) is 9.02. The number of hydrogen-bond donors (Lipinski definition) is 0. The third-order valence-corrected chi connectivity index (χ3v) is 2.57. The molecule has 1 aromatic carbocycles. The van der Waals surface area contributed by atoms with Crippen molar-refractivity contribution in [1.29, 1.82) is 5.26 Å². The lowest BCUT2D eigenvalue weighted by Crippen LogP contribution is -2.11. The number of alkyl halides is 3. The standard InChI is InChI=1S/C14H9F3N2/c15-14(16,17)13-12(10-4-2-1-3-5-10)7-6-11(19-13)8-9-18/h1-7H,8H2. The van der Waals surface area contributed by atoms with Crippen LogP contribution in [0.1, 0.15) is 11.4 Å². The van der Waals surface area contributed by atoms with Gasteiger partial charge in [0.05, 0.1) is 18.2 Å². The lowest BCUT2D eigenvalue weighted by molar-refractivity contribution is -0.140. The maximum atomic E-state index is 13.0. The average Bonchev–Trinajstić information content (AvgIpc) is 2.39. The molecule has 0 unspecified atom stereocenters. The highest BCUT2D eigenvalue weighted by Crippen LogP contribution is 2.35. The van der Waals surface area contributed by atoms with Gasteiger partial charge in [-0.15, -0.1) is 0 Å². The lowest BCUT2D eigenvalue weighted by atomic mass is 10.0. The molecule has 0 aliphatic carbocycles. The van der Waals surface area contributed by atoms with Crippen LogP contribution in [0.4, 0.5) is 13.2 Å². The predicted molar refractivity (Wildman–Crippen MR) is 64.0 cm³/mol. The van der Waals surface area contributed by atoms with Gasteiger partial charge < -0.3 is 0 Å². The number of halogens is 3. The van der Waals surface area contributed by atoms with Crippen LogP contribution in [0.2, 0.25) is 0 Å². The topological polar surface area (TPSA) is 36.7 Å². The van der Waals surface area contributed by atoms with Crippen LogP contribution >= 0.6 is 0 Å². The maximum Gasteiger partial charge on any atom is 0.433 e. The smallest absolute Gasteiger partial charge is 0.247 e. The van der Waals surface area contributed by atoms with Gasteiger partial charge in [0.2, 0.25) is 0 Å². The number of hydrogen-bond acceptors (Lipinski definition) is 2. The van der Waals surface area contributed by atoms with Gasteiger partial charge in [0.15, 0.2) is 5.69 Å². The summed E-state index contributed by atoms with van der Waals surface area (Å²) in [6.45, 7) is 0. The molecule has 1 heterocycles. The Labute approximate surface area is 108 Å². The van der Waals surface area contributed by atoms with Crippen LogP contribution in [-0.2, 0) is 12.6 Å². The molecule has 0 radical (unpaired) electrons. The van der Waals surface area contributed by atoms with E-state index in [-0.39, 0.29) is 17.7 Å². The quantitative estimate of drug-likeness (QED) is 0.824. The Bertz CT molecular complexity index is 613. The van der Waals surface area contributed by atoms with Gasteiger partial charge in [-0.1, -0.05) is 36.4 Å². The fourth-order valence-corrected chi connectivity index (χ4v) is 1.75. The second-order valence-electron chi connectivity index (χ2n) is 3.90. The molecule has 19 heavy (non-hydrogen) atoms. The number of nitrogens with zero attached hydrogens (tertiary/aromatic N) is 2. The molecule has 0 N–H and O–H groups in total. The van der Waals surface area contributed by atoms with Gasteiger partial charge >= 0.3 is 6.18 Å². The Hall–Kier alpha value is -2.35. The summed E-state index contributed by atoms with van der Waals surface area (Å²) in [5.74, 6) is 0. The Morgan fingerprint density at radius 2 is 1.74 bits per heavy atom. The Kier molecular flexibility index (Phi) is 3.52. The molecule has 2 nitrogen and oxygen atoms in total. The van der Waals surface area contributed by atoms with Gasteiger partial charge in [0, 0.05) is 5.56 Å². The van der Waals surface area contributed by atoms with Crippen LogP contribution in [0.3, 0.4) is 0 Å². The van der Waals surface area contributed by atoms with Crippen LogP contribution in [-0.4, -0.2) is 4.98 Å². The van der Waals surface area contributed by atoms with E-state index in [0.717, 1.165) is 0 Å². The predicted octanol–water partition coefficient (Wildman–Crippen LogP) is 3.83. The normalized spacial score (nSPS) is 11.1. The Morgan fingerprint density at radius 3 is 2.32 bits per heavy atom. The van der Waals surface area contributed by atoms with Crippen molar-refractivity contribution in [2.45, 2.75) is 12.6 Å². The van der Waals surface area contributed by atoms with Crippen LogP contribution in [0.15, 0.2) is 42.5 Å². The van der Waals surface area contributed by atoms with Gasteiger partial charge in [0.25, 0.3) is 0 Å². The van der Waals surface area contributed by atoms with Crippen LogP contribution < -0.4 is 0 Å². The van der Waals surface area contributed by atoms with E-state index in [0.29, 0.717) is 5.56 Å². The van der Waals surface area contributed by atoms with Gasteiger partial charge in [-0.25, -0.2) is 4.98 Å². The molecule has 0 bridgehead atoms. The monoisotopic (exact) mass is 262 g/mol. The summed E-state index contributed by atoms with van der Waals surface area (Å²) in [4.78, 5) is 3.56. The molecule has 2 aromatic rings. The van der Waals surface area contributed by atoms with Crippen molar-refractivity contribution >= 4 is 0 Å². The van der Waals surface area contributed by atoms with Crippen LogP contribution in [0.25, 0.3) is 11.1 Å². The van der Waals surface area contributed by atoms with E-state index < -0.39 is 11.9 Å². The summed E-state index contributed by atoms with van der Waals surface area (Å²) >= 11 is 0. The van der Waals surface area contributed by atoms with Gasteiger partial charge in [-0.3, -0.25) is 0 Å². The fourth-order valence-electron chi connectivity index (χ4n) is 1.75. The van der Waals surface area contributed by atoms with Crippen molar-refractivity contribution in [3.05, 3.63) is 53.9 Å². The first-order valence-corrected chi connectivity index (χ1v) is 5.52. The van der Waals surface area contributed by atoms with Crippen molar-refractivity contribution in [3.8, 4) is 17.2 Å². The van der Waals surface area contributed by atoms with Gasteiger partial charge in [-0.05, 0) is 11.6 Å². The first-order valence-electron chi connectivity index (χ1n) is 5.52. The molecule has 1 aromatic heterocycles. The van der Waals surface area contributed by atoms with Crippen molar-refractivity contribution in [3.63, 3.8) is 0 Å². The third-order valence-electron chi connectivity index (χ3n) is 2.57.